The van der Waals surface area contributed by atoms with E-state index in [0.29, 0.717) is 31.0 Å². The lowest BCUT2D eigenvalue weighted by molar-refractivity contribution is 0.0292. The number of benzene rings is 1. The Kier molecular flexibility index (Phi) is 7.35. The lowest BCUT2D eigenvalue weighted by atomic mass is 10.1. The van der Waals surface area contributed by atoms with Crippen molar-refractivity contribution in [3.05, 3.63) is 54.4 Å². The Labute approximate surface area is 206 Å². The normalized spacial score (nSPS) is 16.8. The molecule has 1 aliphatic rings. The molecule has 1 N–H and O–H groups in total. The van der Waals surface area contributed by atoms with E-state index in [-0.39, 0.29) is 18.2 Å². The first-order valence-corrected chi connectivity index (χ1v) is 11.9. The molecule has 0 spiro atoms. The number of fused-ring (bicyclic) bond motifs is 1. The molecule has 2 aromatic heterocycles. The van der Waals surface area contributed by atoms with Gasteiger partial charge in [-0.05, 0) is 44.9 Å². The fourth-order valence-electron chi connectivity index (χ4n) is 4.21. The minimum atomic E-state index is -0.509. The zero-order valence-electron chi connectivity index (χ0n) is 21.1. The number of nitrogens with zero attached hydrogens (tertiary/aromatic N) is 5. The van der Waals surface area contributed by atoms with Crippen molar-refractivity contribution in [2.45, 2.75) is 44.9 Å². The predicted octanol–water partition coefficient (Wildman–Crippen LogP) is 4.27. The maximum Gasteiger partial charge on any atom is 0.410 e. The van der Waals surface area contributed by atoms with Gasteiger partial charge in [0.25, 0.3) is 0 Å². The van der Waals surface area contributed by atoms with Gasteiger partial charge in [0.1, 0.15) is 23.3 Å². The van der Waals surface area contributed by atoms with E-state index in [1.54, 1.807) is 18.3 Å². The van der Waals surface area contributed by atoms with Gasteiger partial charge >= 0.3 is 6.09 Å². The van der Waals surface area contributed by atoms with Crippen molar-refractivity contribution < 1.29 is 14.3 Å². The first-order chi connectivity index (χ1) is 16.7. The van der Waals surface area contributed by atoms with E-state index >= 15 is 0 Å². The predicted molar refractivity (Wildman–Crippen MR) is 137 cm³/mol. The number of ether oxygens (including phenoxy) is 2. The highest BCUT2D eigenvalue weighted by molar-refractivity contribution is 5.86. The number of carbonyl (C=O) groups excluding carboxylic acids is 1. The molecule has 1 unspecified atom stereocenters. The van der Waals surface area contributed by atoms with Gasteiger partial charge in [0.15, 0.2) is 5.82 Å². The molecule has 1 aliphatic heterocycles. The van der Waals surface area contributed by atoms with Crippen LogP contribution in [0.3, 0.4) is 0 Å². The number of likely N-dealkylation sites (tertiary alicyclic amines) is 1. The molecule has 35 heavy (non-hydrogen) atoms. The van der Waals surface area contributed by atoms with Crippen LogP contribution in [0.15, 0.2) is 48.8 Å². The van der Waals surface area contributed by atoms with E-state index in [1.807, 2.05) is 58.2 Å². The highest BCUT2D eigenvalue weighted by atomic mass is 16.6. The third-order valence-corrected chi connectivity index (χ3v) is 6.04. The van der Waals surface area contributed by atoms with Gasteiger partial charge in [-0.3, -0.25) is 0 Å². The number of methoxy groups -OCH3 is 1. The summed E-state index contributed by atoms with van der Waals surface area (Å²) >= 11 is 0. The zero-order chi connectivity index (χ0) is 25.0. The number of hydrogen-bond acceptors (Lipinski definition) is 8. The van der Waals surface area contributed by atoms with Crippen LogP contribution in [-0.2, 0) is 9.47 Å². The van der Waals surface area contributed by atoms with Crippen molar-refractivity contribution in [3.8, 4) is 0 Å². The molecule has 0 radical (unpaired) electrons. The lowest BCUT2D eigenvalue weighted by Crippen LogP contribution is -2.39. The third-order valence-electron chi connectivity index (χ3n) is 6.04. The molecule has 3 heterocycles. The number of nitrogens with one attached hydrogen (secondary N) is 1. The van der Waals surface area contributed by atoms with E-state index in [2.05, 4.69) is 32.3 Å². The molecule has 3 aromatic rings. The van der Waals surface area contributed by atoms with Gasteiger partial charge in [-0.15, -0.1) is 0 Å². The molecule has 1 amide bonds. The number of amides is 1. The standard InChI is InChI=1S/C26H34N6O3/c1-26(2,3)35-25(33)32-14-13-19(15-32)31(4)22-12-11-20-23(30-22)24(28-17-27-20)29-21(16-34-5)18-9-7-6-8-10-18/h6-12,17,19,21H,13-16H2,1-5H3,(H,27,28,29)/t19-,21?/m0/s1. The van der Waals surface area contributed by atoms with Crippen molar-refractivity contribution >= 4 is 28.8 Å². The summed E-state index contributed by atoms with van der Waals surface area (Å²) in [5.41, 5.74) is 2.04. The van der Waals surface area contributed by atoms with Crippen LogP contribution in [0.1, 0.15) is 38.8 Å². The maximum atomic E-state index is 12.5. The van der Waals surface area contributed by atoms with E-state index in [0.717, 1.165) is 23.3 Å². The Morgan fingerprint density at radius 1 is 1.20 bits per heavy atom. The van der Waals surface area contributed by atoms with Crippen LogP contribution in [0, 0.1) is 0 Å². The molecule has 1 fully saturated rings. The fourth-order valence-corrected chi connectivity index (χ4v) is 4.21. The van der Waals surface area contributed by atoms with Crippen molar-refractivity contribution in [1.29, 1.82) is 0 Å². The van der Waals surface area contributed by atoms with Crippen LogP contribution in [0.25, 0.3) is 11.0 Å². The monoisotopic (exact) mass is 478 g/mol. The van der Waals surface area contributed by atoms with Gasteiger partial charge in [0.2, 0.25) is 0 Å². The number of carbonyl (C=O) groups is 1. The van der Waals surface area contributed by atoms with Crippen LogP contribution >= 0.6 is 0 Å². The molecule has 2 atom stereocenters. The smallest absolute Gasteiger partial charge is 0.410 e. The molecule has 9 nitrogen and oxygen atoms in total. The molecule has 0 aliphatic carbocycles. The molecule has 9 heteroatoms. The molecule has 0 saturated carbocycles. The molecule has 4 rings (SSSR count). The summed E-state index contributed by atoms with van der Waals surface area (Å²) in [4.78, 5) is 30.2. The number of aromatic nitrogens is 3. The van der Waals surface area contributed by atoms with E-state index in [1.165, 1.54) is 0 Å². The van der Waals surface area contributed by atoms with E-state index in [4.69, 9.17) is 14.5 Å². The Morgan fingerprint density at radius 3 is 2.69 bits per heavy atom. The van der Waals surface area contributed by atoms with Crippen LogP contribution in [-0.4, -0.2) is 71.4 Å². The van der Waals surface area contributed by atoms with Crippen molar-refractivity contribution in [1.82, 2.24) is 19.9 Å². The summed E-state index contributed by atoms with van der Waals surface area (Å²) in [6.07, 6.45) is 2.11. The number of likely N-dealkylation sites (N-methyl/N-ethyl adjacent to an activating group) is 1. The average Bonchev–Trinajstić information content (AvgIpc) is 3.33. The second-order valence-corrected chi connectivity index (χ2v) is 9.80. The van der Waals surface area contributed by atoms with Crippen molar-refractivity contribution in [3.63, 3.8) is 0 Å². The summed E-state index contributed by atoms with van der Waals surface area (Å²) in [6.45, 7) is 7.37. The van der Waals surface area contributed by atoms with Crippen molar-refractivity contribution in [2.24, 2.45) is 0 Å². The SMILES string of the molecule is COCC(Nc1ncnc2ccc(N(C)[C@H]3CCN(C(=O)OC(C)(C)C)C3)nc12)c1ccccc1. The summed E-state index contributed by atoms with van der Waals surface area (Å²) in [5, 5.41) is 3.49. The maximum absolute atomic E-state index is 12.5. The Morgan fingerprint density at radius 2 is 1.97 bits per heavy atom. The minimum absolute atomic E-state index is 0.0836. The molecule has 0 bridgehead atoms. The van der Waals surface area contributed by atoms with Crippen LogP contribution in [0.5, 0.6) is 0 Å². The van der Waals surface area contributed by atoms with Crippen LogP contribution < -0.4 is 10.2 Å². The summed E-state index contributed by atoms with van der Waals surface area (Å²) in [6, 6.07) is 14.1. The number of rotatable bonds is 7. The Balaban J connectivity index is 1.54. The highest BCUT2D eigenvalue weighted by Crippen LogP contribution is 2.27. The summed E-state index contributed by atoms with van der Waals surface area (Å²) < 4.78 is 11.0. The third kappa shape index (κ3) is 5.97. The second-order valence-electron chi connectivity index (χ2n) is 9.80. The van der Waals surface area contributed by atoms with E-state index < -0.39 is 5.60 Å². The Bertz CT molecular complexity index is 1150. The number of hydrogen-bond donors (Lipinski definition) is 1. The first-order valence-electron chi connectivity index (χ1n) is 11.9. The fraction of sp³-hybridized carbons (Fsp3) is 0.462. The second kappa shape index (κ2) is 10.4. The van der Waals surface area contributed by atoms with Crippen molar-refractivity contribution in [2.75, 3.05) is 44.1 Å². The topological polar surface area (TPSA) is 92.7 Å². The quantitative estimate of drug-likeness (QED) is 0.538. The molecule has 1 saturated heterocycles. The largest absolute Gasteiger partial charge is 0.444 e. The first kappa shape index (κ1) is 24.7. The average molecular weight is 479 g/mol. The summed E-state index contributed by atoms with van der Waals surface area (Å²) in [5.74, 6) is 1.45. The molecular weight excluding hydrogens is 444 g/mol. The molecule has 186 valence electrons. The van der Waals surface area contributed by atoms with Gasteiger partial charge in [0.05, 0.1) is 18.2 Å². The van der Waals surface area contributed by atoms with Crippen LogP contribution in [0.4, 0.5) is 16.4 Å². The van der Waals surface area contributed by atoms with Gasteiger partial charge in [-0.2, -0.15) is 0 Å². The lowest BCUT2D eigenvalue weighted by Gasteiger charge is -2.27. The molecule has 1 aromatic carbocycles. The minimum Gasteiger partial charge on any atom is -0.444 e. The van der Waals surface area contributed by atoms with E-state index in [9.17, 15) is 4.79 Å². The number of pyridine rings is 1. The molecular formula is C26H34N6O3. The van der Waals surface area contributed by atoms with Gasteiger partial charge in [-0.1, -0.05) is 30.3 Å². The Hall–Kier alpha value is -3.46. The zero-order valence-corrected chi connectivity index (χ0v) is 21.1. The van der Waals surface area contributed by atoms with Crippen LogP contribution in [0.2, 0.25) is 0 Å². The van der Waals surface area contributed by atoms with Gasteiger partial charge in [0, 0.05) is 33.3 Å². The summed E-state index contributed by atoms with van der Waals surface area (Å²) in [7, 11) is 3.69. The van der Waals surface area contributed by atoms with Gasteiger partial charge < -0.3 is 24.6 Å². The highest BCUT2D eigenvalue weighted by Gasteiger charge is 2.32. The van der Waals surface area contributed by atoms with Gasteiger partial charge in [-0.25, -0.2) is 19.7 Å². The number of anilines is 2.